The summed E-state index contributed by atoms with van der Waals surface area (Å²) in [6, 6.07) is 29.5. The highest BCUT2D eigenvalue weighted by atomic mass is 35.5. The van der Waals surface area contributed by atoms with Crippen LogP contribution in [0.2, 0.25) is 5.02 Å². The molecule has 4 aromatic rings. The normalized spacial score (nSPS) is 14.1. The minimum atomic E-state index is -4.15. The summed E-state index contributed by atoms with van der Waals surface area (Å²) in [4.78, 5) is 30.3. The third-order valence-corrected chi connectivity index (χ3v) is 10.5. The quantitative estimate of drug-likeness (QED) is 0.181. The second-order valence-electron chi connectivity index (χ2n) is 12.0. The maximum atomic E-state index is 14.6. The molecule has 9 heteroatoms. The molecule has 1 saturated carbocycles. The Morgan fingerprint density at radius 3 is 2.00 bits per heavy atom. The number of hydrogen-bond donors (Lipinski definition) is 1. The first kappa shape index (κ1) is 33.2. The summed E-state index contributed by atoms with van der Waals surface area (Å²) in [5.74, 6) is -0.741. The molecule has 240 valence electrons. The number of amides is 2. The van der Waals surface area contributed by atoms with Crippen molar-refractivity contribution in [3.63, 3.8) is 0 Å². The summed E-state index contributed by atoms with van der Waals surface area (Å²) in [6.45, 7) is 3.40. The molecule has 0 heterocycles. The van der Waals surface area contributed by atoms with Gasteiger partial charge in [0.15, 0.2) is 0 Å². The maximum absolute atomic E-state index is 14.6. The average molecular weight is 658 g/mol. The lowest BCUT2D eigenvalue weighted by Gasteiger charge is -2.34. The van der Waals surface area contributed by atoms with Gasteiger partial charge in [0.1, 0.15) is 12.6 Å². The number of hydrogen-bond acceptors (Lipinski definition) is 4. The van der Waals surface area contributed by atoms with E-state index in [-0.39, 0.29) is 29.8 Å². The number of sulfonamides is 1. The third kappa shape index (κ3) is 8.36. The Morgan fingerprint density at radius 2 is 1.39 bits per heavy atom. The zero-order valence-electron chi connectivity index (χ0n) is 26.2. The Bertz CT molecular complexity index is 1720. The van der Waals surface area contributed by atoms with Crippen LogP contribution in [-0.2, 0) is 32.6 Å². The molecule has 1 fully saturated rings. The fraction of sp³-hybridized carbons (Fsp3) is 0.297. The van der Waals surface area contributed by atoms with E-state index < -0.39 is 28.5 Å². The number of carbonyl (C=O) groups is 2. The zero-order chi connectivity index (χ0) is 32.7. The Labute approximate surface area is 277 Å². The average Bonchev–Trinajstić information content (AvgIpc) is 3.56. The number of benzene rings is 4. The van der Waals surface area contributed by atoms with Gasteiger partial charge in [-0.15, -0.1) is 0 Å². The monoisotopic (exact) mass is 657 g/mol. The van der Waals surface area contributed by atoms with Crippen LogP contribution in [0.15, 0.2) is 108 Å². The number of aryl methyl sites for hydroxylation is 2. The lowest BCUT2D eigenvalue weighted by Crippen LogP contribution is -2.54. The smallest absolute Gasteiger partial charge is 0.264 e. The molecule has 5 rings (SSSR count). The number of carbonyl (C=O) groups excluding carboxylic acids is 2. The third-order valence-electron chi connectivity index (χ3n) is 8.45. The van der Waals surface area contributed by atoms with E-state index in [1.54, 1.807) is 48.5 Å². The number of anilines is 1. The van der Waals surface area contributed by atoms with Gasteiger partial charge in [-0.1, -0.05) is 102 Å². The van der Waals surface area contributed by atoms with E-state index >= 15 is 0 Å². The van der Waals surface area contributed by atoms with Crippen molar-refractivity contribution in [2.24, 2.45) is 0 Å². The molecule has 4 aromatic carbocycles. The molecular formula is C37H40ClN3O4S. The lowest BCUT2D eigenvalue weighted by atomic mass is 10.0. The number of nitrogens with one attached hydrogen (secondary N) is 1. The van der Waals surface area contributed by atoms with Crippen molar-refractivity contribution in [1.29, 1.82) is 0 Å². The van der Waals surface area contributed by atoms with Gasteiger partial charge in [0.2, 0.25) is 11.8 Å². The van der Waals surface area contributed by atoms with Crippen molar-refractivity contribution in [1.82, 2.24) is 10.2 Å². The molecular weight excluding hydrogens is 618 g/mol. The van der Waals surface area contributed by atoms with Crippen molar-refractivity contribution in [3.8, 4) is 0 Å². The Hall–Kier alpha value is -4.14. The summed E-state index contributed by atoms with van der Waals surface area (Å²) in [7, 11) is -4.15. The van der Waals surface area contributed by atoms with Crippen LogP contribution in [0.25, 0.3) is 0 Å². The van der Waals surface area contributed by atoms with E-state index in [2.05, 4.69) is 5.32 Å². The van der Waals surface area contributed by atoms with Gasteiger partial charge in [-0.2, -0.15) is 0 Å². The molecule has 0 bridgehead atoms. The first-order valence-corrected chi connectivity index (χ1v) is 17.5. The van der Waals surface area contributed by atoms with Crippen LogP contribution in [0.4, 0.5) is 5.69 Å². The number of halogens is 1. The van der Waals surface area contributed by atoms with Gasteiger partial charge >= 0.3 is 0 Å². The predicted octanol–water partition coefficient (Wildman–Crippen LogP) is 6.85. The zero-order valence-corrected chi connectivity index (χ0v) is 27.8. The van der Waals surface area contributed by atoms with Crippen LogP contribution in [0.1, 0.15) is 47.9 Å². The van der Waals surface area contributed by atoms with Crippen LogP contribution < -0.4 is 9.62 Å². The summed E-state index contributed by atoms with van der Waals surface area (Å²) < 4.78 is 29.5. The van der Waals surface area contributed by atoms with Crippen molar-refractivity contribution in [2.75, 3.05) is 10.8 Å². The summed E-state index contributed by atoms with van der Waals surface area (Å²) >= 11 is 6.17. The minimum absolute atomic E-state index is 0.0456. The van der Waals surface area contributed by atoms with Crippen LogP contribution in [0, 0.1) is 13.8 Å². The molecule has 1 aliphatic carbocycles. The van der Waals surface area contributed by atoms with Gasteiger partial charge in [-0.3, -0.25) is 13.9 Å². The molecule has 0 spiro atoms. The first-order chi connectivity index (χ1) is 22.1. The van der Waals surface area contributed by atoms with E-state index in [4.69, 9.17) is 11.6 Å². The van der Waals surface area contributed by atoms with Crippen LogP contribution in [0.3, 0.4) is 0 Å². The van der Waals surface area contributed by atoms with Crippen LogP contribution >= 0.6 is 11.6 Å². The van der Waals surface area contributed by atoms with Gasteiger partial charge in [-0.05, 0) is 74.2 Å². The molecule has 2 amide bonds. The van der Waals surface area contributed by atoms with E-state index in [1.807, 2.05) is 68.4 Å². The molecule has 46 heavy (non-hydrogen) atoms. The fourth-order valence-electron chi connectivity index (χ4n) is 5.79. The molecule has 0 saturated heterocycles. The van der Waals surface area contributed by atoms with Crippen molar-refractivity contribution in [2.45, 2.75) is 69.5 Å². The second-order valence-corrected chi connectivity index (χ2v) is 14.3. The molecule has 0 aliphatic heterocycles. The van der Waals surface area contributed by atoms with E-state index in [9.17, 15) is 18.0 Å². The lowest BCUT2D eigenvalue weighted by molar-refractivity contribution is -0.140. The minimum Gasteiger partial charge on any atom is -0.352 e. The molecule has 1 unspecified atom stereocenters. The van der Waals surface area contributed by atoms with Crippen molar-refractivity contribution < 1.29 is 18.0 Å². The molecule has 1 aliphatic rings. The molecule has 0 radical (unpaired) electrons. The Kier molecular flexibility index (Phi) is 10.8. The highest BCUT2D eigenvalue weighted by Crippen LogP contribution is 2.26. The molecule has 1 atom stereocenters. The maximum Gasteiger partial charge on any atom is 0.264 e. The molecule has 1 N–H and O–H groups in total. The predicted molar refractivity (Wildman–Crippen MR) is 183 cm³/mol. The number of rotatable bonds is 12. The van der Waals surface area contributed by atoms with E-state index in [1.165, 1.54) is 4.90 Å². The van der Waals surface area contributed by atoms with Crippen LogP contribution in [0.5, 0.6) is 0 Å². The standard InChI is InChI=1S/C37H40ClN3O4S/c1-27-12-20-33(21-13-27)41(46(44,45)34-22-14-28(2)15-23-34)26-36(42)40(25-30-16-18-31(38)19-17-30)35(24-29-8-4-3-5-9-29)37(43)39-32-10-6-7-11-32/h3-5,8-9,12-23,32,35H,6-7,10-11,24-26H2,1-2H3,(H,39,43). The molecule has 0 aromatic heterocycles. The van der Waals surface area contributed by atoms with E-state index in [0.717, 1.165) is 52.2 Å². The van der Waals surface area contributed by atoms with Crippen molar-refractivity contribution in [3.05, 3.63) is 130 Å². The van der Waals surface area contributed by atoms with Gasteiger partial charge in [0.05, 0.1) is 10.6 Å². The summed E-state index contributed by atoms with van der Waals surface area (Å²) in [6.07, 6.45) is 4.15. The highest BCUT2D eigenvalue weighted by molar-refractivity contribution is 7.92. The van der Waals surface area contributed by atoms with Gasteiger partial charge in [-0.25, -0.2) is 8.42 Å². The molecule has 7 nitrogen and oxygen atoms in total. The van der Waals surface area contributed by atoms with E-state index in [0.29, 0.717) is 10.7 Å². The van der Waals surface area contributed by atoms with Crippen LogP contribution in [-0.4, -0.2) is 43.8 Å². The largest absolute Gasteiger partial charge is 0.352 e. The Morgan fingerprint density at radius 1 is 0.804 bits per heavy atom. The topological polar surface area (TPSA) is 86.8 Å². The second kappa shape index (κ2) is 15.0. The van der Waals surface area contributed by atoms with Crippen molar-refractivity contribution >= 4 is 39.1 Å². The Balaban J connectivity index is 1.55. The van der Waals surface area contributed by atoms with Gasteiger partial charge in [0, 0.05) is 24.0 Å². The highest BCUT2D eigenvalue weighted by Gasteiger charge is 2.35. The number of nitrogens with zero attached hydrogens (tertiary/aromatic N) is 2. The summed E-state index contributed by atoms with van der Waals surface area (Å²) in [5.41, 5.74) is 3.90. The first-order valence-electron chi connectivity index (χ1n) is 15.6. The fourth-order valence-corrected chi connectivity index (χ4v) is 7.33. The summed E-state index contributed by atoms with van der Waals surface area (Å²) in [5, 5.41) is 3.75. The SMILES string of the molecule is Cc1ccc(N(CC(=O)N(Cc2ccc(Cl)cc2)C(Cc2ccccc2)C(=O)NC2CCCC2)S(=O)(=O)c2ccc(C)cc2)cc1. The van der Waals surface area contributed by atoms with Gasteiger partial charge in [0.25, 0.3) is 10.0 Å². The van der Waals surface area contributed by atoms with Gasteiger partial charge < -0.3 is 10.2 Å².